The Labute approximate surface area is 146 Å². The molecule has 1 aliphatic carbocycles. The van der Waals surface area contributed by atoms with Gasteiger partial charge in [0.15, 0.2) is 5.96 Å². The highest BCUT2D eigenvalue weighted by molar-refractivity contribution is 5.79. The summed E-state index contributed by atoms with van der Waals surface area (Å²) in [4.78, 5) is 6.96. The van der Waals surface area contributed by atoms with E-state index in [4.69, 9.17) is 0 Å². The second kappa shape index (κ2) is 8.52. The number of nitrogens with one attached hydrogen (secondary N) is 2. The molecule has 2 fully saturated rings. The summed E-state index contributed by atoms with van der Waals surface area (Å²) in [6, 6.07) is 11.0. The van der Waals surface area contributed by atoms with Crippen LogP contribution in [0.15, 0.2) is 35.3 Å². The van der Waals surface area contributed by atoms with E-state index in [1.807, 2.05) is 7.05 Å². The smallest absolute Gasteiger partial charge is 0.191 e. The summed E-state index contributed by atoms with van der Waals surface area (Å²) in [6.45, 7) is 5.74. The molecule has 0 spiro atoms. The third kappa shape index (κ3) is 4.29. The first-order valence-corrected chi connectivity index (χ1v) is 9.55. The van der Waals surface area contributed by atoms with Gasteiger partial charge in [0.1, 0.15) is 0 Å². The second-order valence-corrected chi connectivity index (χ2v) is 7.25. The Bertz CT molecular complexity index is 516. The standard InChI is InChI=1S/C20H32N4/c1-21-19(22-13-8-16-24-14-5-6-15-24)23-17-20(11-7-12-20)18-9-3-2-4-10-18/h2-4,9-10H,5-8,11-17H2,1H3,(H2,21,22,23). The highest BCUT2D eigenvalue weighted by Gasteiger charge is 2.38. The molecular formula is C20H32N4. The van der Waals surface area contributed by atoms with Gasteiger partial charge in [-0.2, -0.15) is 0 Å². The summed E-state index contributed by atoms with van der Waals surface area (Å²) in [7, 11) is 1.87. The largest absolute Gasteiger partial charge is 0.356 e. The lowest BCUT2D eigenvalue weighted by Gasteiger charge is -2.43. The van der Waals surface area contributed by atoms with Crippen LogP contribution in [0.2, 0.25) is 0 Å². The maximum Gasteiger partial charge on any atom is 0.191 e. The van der Waals surface area contributed by atoms with Crippen LogP contribution in [0.3, 0.4) is 0 Å². The number of rotatable bonds is 7. The third-order valence-corrected chi connectivity index (χ3v) is 5.66. The first-order chi connectivity index (χ1) is 11.8. The Morgan fingerprint density at radius 2 is 1.83 bits per heavy atom. The molecule has 132 valence electrons. The van der Waals surface area contributed by atoms with E-state index in [-0.39, 0.29) is 0 Å². The summed E-state index contributed by atoms with van der Waals surface area (Å²) >= 11 is 0. The summed E-state index contributed by atoms with van der Waals surface area (Å²) in [5, 5.41) is 7.04. The maximum atomic E-state index is 4.39. The number of aliphatic imine (C=N–C) groups is 1. The lowest BCUT2D eigenvalue weighted by Crippen LogP contribution is -2.49. The first-order valence-electron chi connectivity index (χ1n) is 9.55. The van der Waals surface area contributed by atoms with Crippen LogP contribution in [0.4, 0.5) is 0 Å². The van der Waals surface area contributed by atoms with Gasteiger partial charge in [0.05, 0.1) is 0 Å². The lowest BCUT2D eigenvalue weighted by atomic mass is 9.64. The zero-order valence-corrected chi connectivity index (χ0v) is 15.1. The first kappa shape index (κ1) is 17.3. The van der Waals surface area contributed by atoms with Crippen LogP contribution in [-0.2, 0) is 5.41 Å². The van der Waals surface area contributed by atoms with Crippen LogP contribution in [0.25, 0.3) is 0 Å². The van der Waals surface area contributed by atoms with E-state index in [0.717, 1.165) is 19.0 Å². The molecule has 1 aliphatic heterocycles. The third-order valence-electron chi connectivity index (χ3n) is 5.66. The van der Waals surface area contributed by atoms with Gasteiger partial charge in [-0.3, -0.25) is 4.99 Å². The molecule has 1 aromatic rings. The fourth-order valence-corrected chi connectivity index (χ4v) is 3.95. The molecule has 4 heteroatoms. The van der Waals surface area contributed by atoms with E-state index in [1.54, 1.807) is 0 Å². The minimum absolute atomic E-state index is 0.300. The molecule has 1 saturated heterocycles. The van der Waals surface area contributed by atoms with Crippen LogP contribution in [-0.4, -0.2) is 50.6 Å². The van der Waals surface area contributed by atoms with Crippen molar-refractivity contribution in [3.63, 3.8) is 0 Å². The molecule has 0 amide bonds. The minimum atomic E-state index is 0.300. The lowest BCUT2D eigenvalue weighted by molar-refractivity contribution is 0.244. The van der Waals surface area contributed by atoms with Gasteiger partial charge >= 0.3 is 0 Å². The number of likely N-dealkylation sites (tertiary alicyclic amines) is 1. The molecule has 0 unspecified atom stereocenters. The van der Waals surface area contributed by atoms with Crippen molar-refractivity contribution in [2.24, 2.45) is 4.99 Å². The monoisotopic (exact) mass is 328 g/mol. The summed E-state index contributed by atoms with van der Waals surface area (Å²) in [6.07, 6.45) is 7.81. The molecular weight excluding hydrogens is 296 g/mol. The normalized spacial score (nSPS) is 20.6. The zero-order chi connectivity index (χ0) is 16.7. The van der Waals surface area contributed by atoms with Gasteiger partial charge < -0.3 is 15.5 Å². The summed E-state index contributed by atoms with van der Waals surface area (Å²) in [5.74, 6) is 0.943. The molecule has 1 aromatic carbocycles. The molecule has 0 radical (unpaired) electrons. The SMILES string of the molecule is CN=C(NCCCN1CCCC1)NCC1(c2ccccc2)CCC1. The van der Waals surface area contributed by atoms with Gasteiger partial charge in [-0.15, -0.1) is 0 Å². The minimum Gasteiger partial charge on any atom is -0.356 e. The second-order valence-electron chi connectivity index (χ2n) is 7.25. The fraction of sp³-hybridized carbons (Fsp3) is 0.650. The van der Waals surface area contributed by atoms with E-state index >= 15 is 0 Å². The van der Waals surface area contributed by atoms with Crippen LogP contribution < -0.4 is 10.6 Å². The Kier molecular flexibility index (Phi) is 6.13. The Hall–Kier alpha value is -1.55. The molecule has 1 heterocycles. The number of hydrogen-bond donors (Lipinski definition) is 2. The molecule has 0 aromatic heterocycles. The van der Waals surface area contributed by atoms with Crippen LogP contribution in [0.1, 0.15) is 44.1 Å². The van der Waals surface area contributed by atoms with Crippen LogP contribution in [0, 0.1) is 0 Å². The molecule has 2 aliphatic rings. The fourth-order valence-electron chi connectivity index (χ4n) is 3.95. The molecule has 0 bridgehead atoms. The van der Waals surface area contributed by atoms with Crippen molar-refractivity contribution in [2.75, 3.05) is 39.8 Å². The van der Waals surface area contributed by atoms with Crippen molar-refractivity contribution in [3.05, 3.63) is 35.9 Å². The number of nitrogens with zero attached hydrogens (tertiary/aromatic N) is 2. The molecule has 4 nitrogen and oxygen atoms in total. The number of benzene rings is 1. The molecule has 2 N–H and O–H groups in total. The van der Waals surface area contributed by atoms with E-state index in [9.17, 15) is 0 Å². The average Bonchev–Trinajstić information content (AvgIpc) is 3.10. The van der Waals surface area contributed by atoms with Crippen molar-refractivity contribution in [1.29, 1.82) is 0 Å². The van der Waals surface area contributed by atoms with E-state index < -0.39 is 0 Å². The van der Waals surface area contributed by atoms with Gasteiger partial charge in [-0.05, 0) is 57.3 Å². The highest BCUT2D eigenvalue weighted by atomic mass is 15.2. The van der Waals surface area contributed by atoms with Crippen LogP contribution in [0.5, 0.6) is 0 Å². The van der Waals surface area contributed by atoms with E-state index in [1.165, 1.54) is 63.7 Å². The highest BCUT2D eigenvalue weighted by Crippen LogP contribution is 2.43. The number of guanidine groups is 1. The van der Waals surface area contributed by atoms with Crippen molar-refractivity contribution < 1.29 is 0 Å². The molecule has 24 heavy (non-hydrogen) atoms. The Morgan fingerprint density at radius 3 is 2.46 bits per heavy atom. The predicted molar refractivity (Wildman–Crippen MR) is 102 cm³/mol. The van der Waals surface area contributed by atoms with Gasteiger partial charge in [-0.25, -0.2) is 0 Å². The Balaban J connectivity index is 1.42. The molecule has 1 saturated carbocycles. The van der Waals surface area contributed by atoms with Crippen molar-refractivity contribution in [2.45, 2.75) is 43.9 Å². The van der Waals surface area contributed by atoms with E-state index in [2.05, 4.69) is 50.9 Å². The van der Waals surface area contributed by atoms with Crippen molar-refractivity contribution in [1.82, 2.24) is 15.5 Å². The number of hydrogen-bond acceptors (Lipinski definition) is 2. The maximum absolute atomic E-state index is 4.39. The zero-order valence-electron chi connectivity index (χ0n) is 15.1. The predicted octanol–water partition coefficient (Wildman–Crippen LogP) is 2.76. The van der Waals surface area contributed by atoms with Crippen molar-refractivity contribution in [3.8, 4) is 0 Å². The van der Waals surface area contributed by atoms with Crippen molar-refractivity contribution >= 4 is 5.96 Å². The Morgan fingerprint density at radius 1 is 1.08 bits per heavy atom. The van der Waals surface area contributed by atoms with E-state index in [0.29, 0.717) is 5.41 Å². The average molecular weight is 329 g/mol. The summed E-state index contributed by atoms with van der Waals surface area (Å²) in [5.41, 5.74) is 1.77. The topological polar surface area (TPSA) is 39.7 Å². The molecule has 3 rings (SSSR count). The molecule has 0 atom stereocenters. The van der Waals surface area contributed by atoms with Gasteiger partial charge in [0, 0.05) is 25.6 Å². The van der Waals surface area contributed by atoms with Crippen LogP contribution >= 0.6 is 0 Å². The van der Waals surface area contributed by atoms with Gasteiger partial charge in [-0.1, -0.05) is 36.8 Å². The quantitative estimate of drug-likeness (QED) is 0.459. The van der Waals surface area contributed by atoms with Gasteiger partial charge in [0.25, 0.3) is 0 Å². The summed E-state index contributed by atoms with van der Waals surface area (Å²) < 4.78 is 0. The van der Waals surface area contributed by atoms with Gasteiger partial charge in [0.2, 0.25) is 0 Å².